The van der Waals surface area contributed by atoms with Gasteiger partial charge in [-0.05, 0) is 117 Å². The number of hydrogen-bond acceptors (Lipinski definition) is 3. The van der Waals surface area contributed by atoms with Gasteiger partial charge in [-0.2, -0.15) is 0 Å². The number of fused-ring (bicyclic) bond motifs is 12. The van der Waals surface area contributed by atoms with Crippen LogP contribution in [0, 0.1) is 0 Å². The summed E-state index contributed by atoms with van der Waals surface area (Å²) in [5.41, 5.74) is 20.3. The molecule has 0 unspecified atom stereocenters. The molecule has 66 heavy (non-hydrogen) atoms. The Morgan fingerprint density at radius 1 is 0.364 bits per heavy atom. The molecule has 0 amide bonds. The lowest BCUT2D eigenvalue weighted by Crippen LogP contribution is -2.15. The minimum Gasteiger partial charge on any atom is -0.456 e. The fraction of sp³-hybridized carbons (Fsp3) is 0.0484. The number of furan rings is 2. The molecule has 1 aliphatic carbocycles. The van der Waals surface area contributed by atoms with Crippen molar-refractivity contribution in [2.24, 2.45) is 0 Å². The van der Waals surface area contributed by atoms with Crippen LogP contribution in [0.15, 0.2) is 215 Å². The van der Waals surface area contributed by atoms with Gasteiger partial charge in [0, 0.05) is 54.5 Å². The highest BCUT2D eigenvalue weighted by molar-refractivity contribution is 6.15. The van der Waals surface area contributed by atoms with Crippen molar-refractivity contribution in [2.75, 3.05) is 0 Å². The highest BCUT2D eigenvalue weighted by Gasteiger charge is 2.36. The number of aromatic nitrogens is 2. The summed E-state index contributed by atoms with van der Waals surface area (Å²) >= 11 is 0. The van der Waals surface area contributed by atoms with Crippen molar-refractivity contribution >= 4 is 65.7 Å². The molecule has 310 valence electrons. The van der Waals surface area contributed by atoms with E-state index in [1.807, 2.05) is 24.3 Å². The molecule has 0 saturated heterocycles. The molecule has 0 aliphatic heterocycles. The van der Waals surface area contributed by atoms with Crippen LogP contribution >= 0.6 is 0 Å². The summed E-state index contributed by atoms with van der Waals surface area (Å²) in [4.78, 5) is 5.58. The fourth-order valence-corrected chi connectivity index (χ4v) is 11.1. The molecular weight excluding hydrogens is 805 g/mol. The van der Waals surface area contributed by atoms with Crippen LogP contribution in [0.4, 0.5) is 0 Å². The molecule has 14 rings (SSSR count). The molecule has 0 atom stereocenters. The van der Waals surface area contributed by atoms with E-state index in [4.69, 9.17) is 13.8 Å². The minimum absolute atomic E-state index is 0.144. The van der Waals surface area contributed by atoms with Gasteiger partial charge in [-0.15, -0.1) is 0 Å². The Hall–Kier alpha value is -8.47. The Morgan fingerprint density at radius 2 is 0.894 bits per heavy atom. The second-order valence-electron chi connectivity index (χ2n) is 18.3. The first-order chi connectivity index (χ1) is 32.5. The van der Waals surface area contributed by atoms with E-state index in [1.54, 1.807) is 0 Å². The van der Waals surface area contributed by atoms with Gasteiger partial charge in [-0.3, -0.25) is 0 Å². The van der Waals surface area contributed by atoms with Crippen LogP contribution in [0.3, 0.4) is 0 Å². The predicted octanol–water partition coefficient (Wildman–Crippen LogP) is 17.0. The van der Waals surface area contributed by atoms with Gasteiger partial charge in [0.2, 0.25) is 0 Å². The summed E-state index contributed by atoms with van der Waals surface area (Å²) in [5.74, 6) is 0. The van der Waals surface area contributed by atoms with Crippen LogP contribution in [-0.4, -0.2) is 9.55 Å². The number of para-hydroxylation sites is 3. The molecule has 4 heterocycles. The van der Waals surface area contributed by atoms with Gasteiger partial charge < -0.3 is 13.4 Å². The third-order valence-corrected chi connectivity index (χ3v) is 14.2. The number of benzene rings is 9. The Balaban J connectivity index is 1.07. The minimum atomic E-state index is -0.144. The predicted molar refractivity (Wildman–Crippen MR) is 272 cm³/mol. The van der Waals surface area contributed by atoms with Gasteiger partial charge >= 0.3 is 0 Å². The Morgan fingerprint density at radius 3 is 1.58 bits per heavy atom. The smallest absolute Gasteiger partial charge is 0.136 e. The molecule has 4 heteroatoms. The van der Waals surface area contributed by atoms with Crippen LogP contribution < -0.4 is 0 Å². The van der Waals surface area contributed by atoms with Gasteiger partial charge in [-0.25, -0.2) is 4.98 Å². The average molecular weight is 845 g/mol. The molecule has 9 aromatic carbocycles. The van der Waals surface area contributed by atoms with E-state index in [9.17, 15) is 0 Å². The fourth-order valence-electron chi connectivity index (χ4n) is 11.1. The molecule has 0 bridgehead atoms. The highest BCUT2D eigenvalue weighted by Crippen LogP contribution is 2.51. The van der Waals surface area contributed by atoms with Crippen LogP contribution in [0.25, 0.3) is 127 Å². The number of rotatable bonds is 5. The van der Waals surface area contributed by atoms with E-state index in [0.717, 1.165) is 94.3 Å². The Bertz CT molecular complexity index is 4010. The number of hydrogen-bond donors (Lipinski definition) is 0. The third kappa shape index (κ3) is 5.36. The van der Waals surface area contributed by atoms with Crippen molar-refractivity contribution in [3.05, 3.63) is 217 Å². The Labute approximate surface area is 380 Å². The standard InChI is InChI=1S/C62H40N2O2/c1-62(2)50-24-10-6-18-42(50)48-35-49-43-19-7-11-25-54(43)64(55(49)36-51(48)62)41-31-38(37-16-4-3-5-17-37)30-39(32-41)40-33-52(44-22-14-28-58-60(44)46-20-8-12-26-56(46)65-58)63-53(34-40)45-23-15-29-59-61(45)47-21-9-13-27-57(47)66-59/h3-36H,1-2H3. The van der Waals surface area contributed by atoms with E-state index < -0.39 is 0 Å². The lowest BCUT2D eigenvalue weighted by molar-refractivity contribution is 0.661. The molecule has 0 radical (unpaired) electrons. The highest BCUT2D eigenvalue weighted by atomic mass is 16.3. The summed E-state index contributed by atoms with van der Waals surface area (Å²) in [6, 6.07) is 74.2. The summed E-state index contributed by atoms with van der Waals surface area (Å²) in [6.07, 6.45) is 0. The van der Waals surface area contributed by atoms with Crippen molar-refractivity contribution in [3.8, 4) is 61.6 Å². The zero-order chi connectivity index (χ0) is 43.7. The van der Waals surface area contributed by atoms with Crippen LogP contribution in [0.5, 0.6) is 0 Å². The largest absolute Gasteiger partial charge is 0.456 e. The van der Waals surface area contributed by atoms with Crippen molar-refractivity contribution < 1.29 is 8.83 Å². The second-order valence-corrected chi connectivity index (χ2v) is 18.3. The monoisotopic (exact) mass is 844 g/mol. The zero-order valence-electron chi connectivity index (χ0n) is 36.3. The molecule has 0 spiro atoms. The summed E-state index contributed by atoms with van der Waals surface area (Å²) < 4.78 is 15.4. The van der Waals surface area contributed by atoms with Crippen molar-refractivity contribution in [3.63, 3.8) is 0 Å². The third-order valence-electron chi connectivity index (χ3n) is 14.2. The zero-order valence-corrected chi connectivity index (χ0v) is 36.3. The van der Waals surface area contributed by atoms with Crippen molar-refractivity contribution in [2.45, 2.75) is 19.3 Å². The molecule has 0 N–H and O–H groups in total. The molecule has 0 saturated carbocycles. The second kappa shape index (κ2) is 13.8. The maximum absolute atomic E-state index is 6.45. The molecule has 4 aromatic heterocycles. The normalized spacial score (nSPS) is 13.1. The van der Waals surface area contributed by atoms with Gasteiger partial charge in [0.1, 0.15) is 22.3 Å². The molecule has 13 aromatic rings. The SMILES string of the molecule is CC1(C)c2ccccc2-c2cc3c4ccccc4n(-c4cc(-c5ccccc5)cc(-c5cc(-c6cccc7oc8ccccc8c67)nc(-c6cccc7oc8ccccc8c67)c5)c4)c3cc21. The maximum atomic E-state index is 6.45. The van der Waals surface area contributed by atoms with Gasteiger partial charge in [0.05, 0.1) is 22.4 Å². The lowest BCUT2D eigenvalue weighted by atomic mass is 9.82. The summed E-state index contributed by atoms with van der Waals surface area (Å²) in [5, 5.41) is 6.72. The van der Waals surface area contributed by atoms with Crippen molar-refractivity contribution in [1.29, 1.82) is 0 Å². The molecule has 1 aliphatic rings. The first kappa shape index (κ1) is 37.0. The van der Waals surface area contributed by atoms with Gasteiger partial charge in [0.25, 0.3) is 0 Å². The first-order valence-electron chi connectivity index (χ1n) is 22.7. The quantitative estimate of drug-likeness (QED) is 0.173. The summed E-state index contributed by atoms with van der Waals surface area (Å²) in [7, 11) is 0. The lowest BCUT2D eigenvalue weighted by Gasteiger charge is -2.22. The van der Waals surface area contributed by atoms with E-state index in [0.29, 0.717) is 0 Å². The number of pyridine rings is 1. The van der Waals surface area contributed by atoms with E-state index >= 15 is 0 Å². The van der Waals surface area contributed by atoms with Crippen LogP contribution in [0.2, 0.25) is 0 Å². The Kier molecular flexibility index (Phi) is 7.71. The molecule has 0 fully saturated rings. The average Bonchev–Trinajstić information content (AvgIpc) is 4.10. The van der Waals surface area contributed by atoms with E-state index in [2.05, 4.69) is 200 Å². The maximum Gasteiger partial charge on any atom is 0.136 e. The van der Waals surface area contributed by atoms with Crippen molar-refractivity contribution in [1.82, 2.24) is 9.55 Å². The molecule has 4 nitrogen and oxygen atoms in total. The van der Waals surface area contributed by atoms with Gasteiger partial charge in [-0.1, -0.05) is 147 Å². The van der Waals surface area contributed by atoms with E-state index in [-0.39, 0.29) is 5.41 Å². The van der Waals surface area contributed by atoms with Crippen LogP contribution in [-0.2, 0) is 5.41 Å². The van der Waals surface area contributed by atoms with E-state index in [1.165, 1.54) is 44.1 Å². The van der Waals surface area contributed by atoms with Crippen LogP contribution in [0.1, 0.15) is 25.0 Å². The number of nitrogens with zero attached hydrogens (tertiary/aromatic N) is 2. The van der Waals surface area contributed by atoms with Gasteiger partial charge in [0.15, 0.2) is 0 Å². The molecular formula is C62H40N2O2. The summed E-state index contributed by atoms with van der Waals surface area (Å²) in [6.45, 7) is 4.73. The topological polar surface area (TPSA) is 44.1 Å². The first-order valence-corrected chi connectivity index (χ1v) is 22.7.